The van der Waals surface area contributed by atoms with Gasteiger partial charge in [0.2, 0.25) is 15.9 Å². The molecule has 0 radical (unpaired) electrons. The number of hydrogen-bond donors (Lipinski definition) is 1. The molecule has 0 unspecified atom stereocenters. The second kappa shape index (κ2) is 6.01. The summed E-state index contributed by atoms with van der Waals surface area (Å²) >= 11 is 0. The molecule has 122 valence electrons. The van der Waals surface area contributed by atoms with Gasteiger partial charge >= 0.3 is 0 Å². The van der Waals surface area contributed by atoms with Crippen molar-refractivity contribution in [2.75, 3.05) is 6.61 Å². The molecule has 1 aliphatic rings. The highest BCUT2D eigenvalue weighted by Crippen LogP contribution is 2.23. The van der Waals surface area contributed by atoms with E-state index in [1.807, 2.05) is 20.8 Å². The Balaban J connectivity index is 2.43. The molecule has 1 heterocycles. The Morgan fingerprint density at radius 2 is 1.91 bits per heavy atom. The van der Waals surface area contributed by atoms with E-state index in [1.54, 1.807) is 24.3 Å². The highest BCUT2D eigenvalue weighted by atomic mass is 32.2. The van der Waals surface area contributed by atoms with Gasteiger partial charge in [-0.2, -0.15) is 0 Å². The summed E-state index contributed by atoms with van der Waals surface area (Å²) in [5.74, 6) is 0.766. The van der Waals surface area contributed by atoms with Crippen LogP contribution in [0.5, 0.6) is 0 Å². The summed E-state index contributed by atoms with van der Waals surface area (Å²) in [4.78, 5) is 4.73. The molecule has 2 rings (SSSR count). The van der Waals surface area contributed by atoms with Crippen LogP contribution in [-0.2, 0) is 14.8 Å². The van der Waals surface area contributed by atoms with Crippen LogP contribution < -0.4 is 4.72 Å². The highest BCUT2D eigenvalue weighted by molar-refractivity contribution is 7.89. The minimum atomic E-state index is -3.63. The molecule has 5 nitrogen and oxygen atoms in total. The van der Waals surface area contributed by atoms with Crippen molar-refractivity contribution in [3.05, 3.63) is 29.8 Å². The molecule has 1 N–H and O–H groups in total. The molecule has 0 fully saturated rings. The molecule has 0 aromatic heterocycles. The van der Waals surface area contributed by atoms with Crippen molar-refractivity contribution in [2.45, 2.75) is 51.1 Å². The number of ether oxygens (including phenoxy) is 1. The van der Waals surface area contributed by atoms with Crippen LogP contribution in [0, 0.1) is 5.92 Å². The number of benzene rings is 1. The molecule has 0 saturated carbocycles. The van der Waals surface area contributed by atoms with Crippen molar-refractivity contribution < 1.29 is 13.2 Å². The first-order valence-corrected chi connectivity index (χ1v) is 8.92. The first kappa shape index (κ1) is 17.0. The van der Waals surface area contributed by atoms with Crippen LogP contribution in [0.15, 0.2) is 34.2 Å². The summed E-state index contributed by atoms with van der Waals surface area (Å²) in [5, 5.41) is 0. The molecule has 1 aromatic carbocycles. The van der Waals surface area contributed by atoms with Crippen LogP contribution in [0.3, 0.4) is 0 Å². The lowest BCUT2D eigenvalue weighted by atomic mass is 10.1. The van der Waals surface area contributed by atoms with E-state index in [9.17, 15) is 8.42 Å². The lowest BCUT2D eigenvalue weighted by molar-refractivity contribution is 0.291. The summed E-state index contributed by atoms with van der Waals surface area (Å²) in [6.45, 7) is 10.1. The minimum Gasteiger partial charge on any atom is -0.475 e. The zero-order chi connectivity index (χ0) is 16.5. The molecule has 0 amide bonds. The quantitative estimate of drug-likeness (QED) is 0.925. The molecule has 0 bridgehead atoms. The Morgan fingerprint density at radius 1 is 1.27 bits per heavy atom. The summed E-state index contributed by atoms with van der Waals surface area (Å²) in [6, 6.07) is 6.88. The van der Waals surface area contributed by atoms with Crippen LogP contribution >= 0.6 is 0 Å². The minimum absolute atomic E-state index is 0.0707. The average Bonchev–Trinajstić information content (AvgIpc) is 2.85. The van der Waals surface area contributed by atoms with E-state index in [0.29, 0.717) is 24.0 Å². The van der Waals surface area contributed by atoms with Crippen molar-refractivity contribution in [1.82, 2.24) is 4.72 Å². The predicted octanol–water partition coefficient (Wildman–Crippen LogP) is 2.56. The fourth-order valence-electron chi connectivity index (χ4n) is 2.21. The fraction of sp³-hybridized carbons (Fsp3) is 0.562. The molecule has 1 aliphatic heterocycles. The monoisotopic (exact) mass is 324 g/mol. The third-order valence-corrected chi connectivity index (χ3v) is 5.11. The van der Waals surface area contributed by atoms with Crippen LogP contribution in [0.2, 0.25) is 0 Å². The smallest absolute Gasteiger partial charge is 0.241 e. The Hall–Kier alpha value is -1.40. The van der Waals surface area contributed by atoms with E-state index < -0.39 is 15.6 Å². The maximum atomic E-state index is 12.6. The SMILES string of the molecule is CC(C)[C@H]1COC(c2ccccc2S(=O)(=O)NC(C)(C)C)=N1. The van der Waals surface area contributed by atoms with Gasteiger partial charge < -0.3 is 4.74 Å². The van der Waals surface area contributed by atoms with Gasteiger partial charge in [-0.25, -0.2) is 18.1 Å². The van der Waals surface area contributed by atoms with Crippen LogP contribution in [-0.4, -0.2) is 32.5 Å². The Labute approximate surface area is 132 Å². The predicted molar refractivity (Wildman–Crippen MR) is 87.6 cm³/mol. The van der Waals surface area contributed by atoms with Gasteiger partial charge in [-0.1, -0.05) is 26.0 Å². The van der Waals surface area contributed by atoms with Crippen LogP contribution in [0.25, 0.3) is 0 Å². The molecule has 0 saturated heterocycles. The Kier molecular flexibility index (Phi) is 4.63. The first-order valence-electron chi connectivity index (χ1n) is 7.44. The number of sulfonamides is 1. The van der Waals surface area contributed by atoms with Gasteiger partial charge in [-0.3, -0.25) is 0 Å². The van der Waals surface area contributed by atoms with Gasteiger partial charge in [0, 0.05) is 5.54 Å². The van der Waals surface area contributed by atoms with Crippen molar-refractivity contribution in [2.24, 2.45) is 10.9 Å². The third-order valence-electron chi connectivity index (χ3n) is 3.29. The average molecular weight is 324 g/mol. The second-order valence-corrected chi connectivity index (χ2v) is 8.56. The van der Waals surface area contributed by atoms with Gasteiger partial charge in [0.15, 0.2) is 0 Å². The molecule has 1 atom stereocenters. The molecular formula is C16H24N2O3S. The zero-order valence-corrected chi connectivity index (χ0v) is 14.6. The number of nitrogens with one attached hydrogen (secondary N) is 1. The maximum absolute atomic E-state index is 12.6. The largest absolute Gasteiger partial charge is 0.475 e. The summed E-state index contributed by atoms with van der Waals surface area (Å²) < 4.78 is 33.5. The summed E-state index contributed by atoms with van der Waals surface area (Å²) in [5.41, 5.74) is -0.0347. The van der Waals surface area contributed by atoms with Gasteiger partial charge in [0.25, 0.3) is 0 Å². The molecule has 0 aliphatic carbocycles. The van der Waals surface area contributed by atoms with Crippen molar-refractivity contribution >= 4 is 15.9 Å². The first-order chi connectivity index (χ1) is 10.1. The number of hydrogen-bond acceptors (Lipinski definition) is 4. The molecule has 0 spiro atoms. The normalized spacial score (nSPS) is 19.2. The third kappa shape index (κ3) is 3.87. The number of aliphatic imine (C=N–C) groups is 1. The van der Waals surface area contributed by atoms with E-state index in [0.717, 1.165) is 0 Å². The number of nitrogens with zero attached hydrogens (tertiary/aromatic N) is 1. The zero-order valence-electron chi connectivity index (χ0n) is 13.8. The fourth-order valence-corrected chi connectivity index (χ4v) is 3.83. The van der Waals surface area contributed by atoms with E-state index in [-0.39, 0.29) is 10.9 Å². The van der Waals surface area contributed by atoms with Crippen LogP contribution in [0.4, 0.5) is 0 Å². The lowest BCUT2D eigenvalue weighted by Crippen LogP contribution is -2.41. The molecule has 22 heavy (non-hydrogen) atoms. The highest BCUT2D eigenvalue weighted by Gasteiger charge is 2.29. The molecular weight excluding hydrogens is 300 g/mol. The van der Waals surface area contributed by atoms with E-state index in [1.165, 1.54) is 0 Å². The van der Waals surface area contributed by atoms with Crippen LogP contribution in [0.1, 0.15) is 40.2 Å². The number of rotatable bonds is 4. The van der Waals surface area contributed by atoms with Gasteiger partial charge in [-0.05, 0) is 38.8 Å². The molecule has 6 heteroatoms. The van der Waals surface area contributed by atoms with Crippen molar-refractivity contribution in [3.8, 4) is 0 Å². The van der Waals surface area contributed by atoms with E-state index in [2.05, 4.69) is 23.6 Å². The standard InChI is InChI=1S/C16H24N2O3S/c1-11(2)13-10-21-15(17-13)12-8-6-7-9-14(12)22(19,20)18-16(3,4)5/h6-9,11,13,18H,10H2,1-5H3/t13-/m1/s1. The van der Waals surface area contributed by atoms with Gasteiger partial charge in [-0.15, -0.1) is 0 Å². The second-order valence-electron chi connectivity index (χ2n) is 6.91. The molecule has 1 aromatic rings. The maximum Gasteiger partial charge on any atom is 0.241 e. The summed E-state index contributed by atoms with van der Waals surface area (Å²) in [7, 11) is -3.63. The Morgan fingerprint density at radius 3 is 2.45 bits per heavy atom. The van der Waals surface area contributed by atoms with E-state index >= 15 is 0 Å². The topological polar surface area (TPSA) is 67.8 Å². The van der Waals surface area contributed by atoms with Crippen molar-refractivity contribution in [3.63, 3.8) is 0 Å². The lowest BCUT2D eigenvalue weighted by Gasteiger charge is -2.21. The summed E-state index contributed by atoms with van der Waals surface area (Å²) in [6.07, 6.45) is 0. The Bertz CT molecular complexity index is 673. The van der Waals surface area contributed by atoms with Crippen molar-refractivity contribution in [1.29, 1.82) is 0 Å². The van der Waals surface area contributed by atoms with E-state index in [4.69, 9.17) is 4.74 Å². The van der Waals surface area contributed by atoms with Gasteiger partial charge in [0.1, 0.15) is 6.61 Å². The van der Waals surface area contributed by atoms with Gasteiger partial charge in [0.05, 0.1) is 16.5 Å².